The number of esters is 1. The molecule has 7 heteroatoms. The van der Waals surface area contributed by atoms with Crippen LogP contribution in [0.15, 0.2) is 23.1 Å². The maximum Gasteiger partial charge on any atom is 0.339 e. The van der Waals surface area contributed by atoms with E-state index < -0.39 is 16.0 Å². The second-order valence-corrected chi connectivity index (χ2v) is 6.73. The summed E-state index contributed by atoms with van der Waals surface area (Å²) in [6.07, 6.45) is 0. The van der Waals surface area contributed by atoms with E-state index in [2.05, 4.69) is 0 Å². The van der Waals surface area contributed by atoms with Gasteiger partial charge in [0, 0.05) is 20.2 Å². The van der Waals surface area contributed by atoms with E-state index in [4.69, 9.17) is 9.47 Å². The summed E-state index contributed by atoms with van der Waals surface area (Å²) >= 11 is 0. The molecule has 21 heavy (non-hydrogen) atoms. The van der Waals surface area contributed by atoms with E-state index in [1.807, 2.05) is 0 Å². The molecule has 0 N–H and O–H groups in total. The number of aryl methyl sites for hydroxylation is 1. The number of ether oxygens (including phenoxy) is 2. The average Bonchev–Trinajstić information content (AvgIpc) is 2.45. The molecular weight excluding hydrogens is 294 g/mol. The number of sulfonamides is 1. The largest absolute Gasteiger partial charge is 0.465 e. The molecule has 6 nitrogen and oxygen atoms in total. The Morgan fingerprint density at radius 2 is 1.95 bits per heavy atom. The Morgan fingerprint density at radius 1 is 1.33 bits per heavy atom. The van der Waals surface area contributed by atoms with Gasteiger partial charge in [0.25, 0.3) is 0 Å². The Kier molecular flexibility index (Phi) is 5.88. The van der Waals surface area contributed by atoms with Gasteiger partial charge in [-0.15, -0.1) is 0 Å². The van der Waals surface area contributed by atoms with Crippen LogP contribution >= 0.6 is 0 Å². The minimum atomic E-state index is -3.82. The van der Waals surface area contributed by atoms with Crippen LogP contribution in [0.4, 0.5) is 0 Å². The molecule has 0 aromatic heterocycles. The molecule has 0 bridgehead atoms. The van der Waals surface area contributed by atoms with Gasteiger partial charge in [0.15, 0.2) is 0 Å². The molecule has 0 aliphatic rings. The molecule has 1 aromatic rings. The van der Waals surface area contributed by atoms with E-state index in [0.717, 1.165) is 0 Å². The zero-order valence-corrected chi connectivity index (χ0v) is 13.7. The molecule has 0 aliphatic heterocycles. The Bertz CT molecular complexity index is 612. The lowest BCUT2D eigenvalue weighted by molar-refractivity contribution is 0.0595. The van der Waals surface area contributed by atoms with Crippen LogP contribution in [0.3, 0.4) is 0 Å². The first-order valence-electron chi connectivity index (χ1n) is 6.42. The lowest BCUT2D eigenvalue weighted by Gasteiger charge is -2.24. The molecule has 0 fully saturated rings. The quantitative estimate of drug-likeness (QED) is 0.743. The highest BCUT2D eigenvalue weighted by molar-refractivity contribution is 7.89. The molecule has 118 valence electrons. The third-order valence-corrected chi connectivity index (χ3v) is 5.32. The van der Waals surface area contributed by atoms with E-state index in [1.165, 1.54) is 31.6 Å². The zero-order valence-electron chi connectivity index (χ0n) is 12.9. The van der Waals surface area contributed by atoms with Gasteiger partial charge in [0.2, 0.25) is 10.0 Å². The number of rotatable bonds is 6. The number of carbonyl (C=O) groups excluding carboxylic acids is 1. The van der Waals surface area contributed by atoms with Crippen molar-refractivity contribution in [1.29, 1.82) is 0 Å². The zero-order chi connectivity index (χ0) is 16.2. The predicted molar refractivity (Wildman–Crippen MR) is 78.8 cm³/mol. The van der Waals surface area contributed by atoms with Gasteiger partial charge in [-0.05, 0) is 25.5 Å². The third kappa shape index (κ3) is 3.61. The Morgan fingerprint density at radius 3 is 2.48 bits per heavy atom. The second-order valence-electron chi connectivity index (χ2n) is 4.77. The molecule has 0 amide bonds. The Balaban J connectivity index is 3.39. The summed E-state index contributed by atoms with van der Waals surface area (Å²) in [5, 5.41) is 0. The van der Waals surface area contributed by atoms with Crippen molar-refractivity contribution in [2.75, 3.05) is 27.9 Å². The van der Waals surface area contributed by atoms with Crippen molar-refractivity contribution >= 4 is 16.0 Å². The topological polar surface area (TPSA) is 72.9 Å². The Hall–Kier alpha value is -1.44. The smallest absolute Gasteiger partial charge is 0.339 e. The van der Waals surface area contributed by atoms with Crippen molar-refractivity contribution in [2.45, 2.75) is 24.8 Å². The minimum absolute atomic E-state index is 0.0557. The van der Waals surface area contributed by atoms with E-state index in [-0.39, 0.29) is 23.1 Å². The number of carbonyl (C=O) groups is 1. The lowest BCUT2D eigenvalue weighted by atomic mass is 10.1. The van der Waals surface area contributed by atoms with Gasteiger partial charge < -0.3 is 9.47 Å². The van der Waals surface area contributed by atoms with Crippen LogP contribution < -0.4 is 0 Å². The summed E-state index contributed by atoms with van der Waals surface area (Å²) < 4.78 is 36.3. The molecule has 1 atom stereocenters. The number of likely N-dealkylation sites (N-methyl/N-ethyl adjacent to an activating group) is 1. The van der Waals surface area contributed by atoms with Crippen LogP contribution in [0.25, 0.3) is 0 Å². The van der Waals surface area contributed by atoms with Gasteiger partial charge in [-0.2, -0.15) is 4.31 Å². The fraction of sp³-hybridized carbons (Fsp3) is 0.500. The van der Waals surface area contributed by atoms with Crippen molar-refractivity contribution in [3.63, 3.8) is 0 Å². The van der Waals surface area contributed by atoms with Crippen LogP contribution in [-0.4, -0.2) is 52.6 Å². The predicted octanol–water partition coefficient (Wildman–Crippen LogP) is 1.44. The van der Waals surface area contributed by atoms with Crippen LogP contribution in [0.1, 0.15) is 22.8 Å². The van der Waals surface area contributed by atoms with Gasteiger partial charge in [-0.1, -0.05) is 12.1 Å². The molecule has 0 heterocycles. The number of methoxy groups -OCH3 is 2. The maximum absolute atomic E-state index is 12.7. The summed E-state index contributed by atoms with van der Waals surface area (Å²) in [6, 6.07) is 4.32. The molecule has 0 aliphatic carbocycles. The van der Waals surface area contributed by atoms with Crippen molar-refractivity contribution in [3.05, 3.63) is 29.3 Å². The fourth-order valence-electron chi connectivity index (χ4n) is 1.96. The average molecular weight is 315 g/mol. The highest BCUT2D eigenvalue weighted by Crippen LogP contribution is 2.24. The monoisotopic (exact) mass is 315 g/mol. The van der Waals surface area contributed by atoms with E-state index in [0.29, 0.717) is 5.56 Å². The molecule has 0 saturated heterocycles. The normalized spacial score (nSPS) is 13.2. The summed E-state index contributed by atoms with van der Waals surface area (Å²) in [5.41, 5.74) is 0.618. The van der Waals surface area contributed by atoms with Gasteiger partial charge in [-0.25, -0.2) is 13.2 Å². The number of hydrogen-bond acceptors (Lipinski definition) is 5. The van der Waals surface area contributed by atoms with Crippen LogP contribution in [0.2, 0.25) is 0 Å². The highest BCUT2D eigenvalue weighted by Gasteiger charge is 2.30. The lowest BCUT2D eigenvalue weighted by Crippen LogP contribution is -2.38. The molecule has 0 radical (unpaired) electrons. The summed E-state index contributed by atoms with van der Waals surface area (Å²) in [5.74, 6) is -0.667. The second kappa shape index (κ2) is 7.02. The van der Waals surface area contributed by atoms with Crippen LogP contribution in [0.5, 0.6) is 0 Å². The van der Waals surface area contributed by atoms with E-state index >= 15 is 0 Å². The first-order chi connectivity index (χ1) is 9.77. The van der Waals surface area contributed by atoms with Gasteiger partial charge in [0.05, 0.1) is 24.2 Å². The van der Waals surface area contributed by atoms with Crippen molar-refractivity contribution in [1.82, 2.24) is 4.31 Å². The summed E-state index contributed by atoms with van der Waals surface area (Å²) in [7, 11) is 0.373. The SMILES string of the molecule is COC[C@@H](C)N(C)S(=O)(=O)c1cccc(C)c1C(=O)OC. The molecular formula is C14H21NO5S. The van der Waals surface area contributed by atoms with E-state index in [9.17, 15) is 13.2 Å². The molecule has 0 saturated carbocycles. The number of nitrogens with zero attached hydrogens (tertiary/aromatic N) is 1. The maximum atomic E-state index is 12.7. The summed E-state index contributed by atoms with van der Waals surface area (Å²) in [4.78, 5) is 11.8. The highest BCUT2D eigenvalue weighted by atomic mass is 32.2. The summed E-state index contributed by atoms with van der Waals surface area (Å²) in [6.45, 7) is 3.66. The first kappa shape index (κ1) is 17.6. The molecule has 0 unspecified atom stereocenters. The van der Waals surface area contributed by atoms with Crippen LogP contribution in [-0.2, 0) is 19.5 Å². The third-order valence-electron chi connectivity index (χ3n) is 3.31. The minimum Gasteiger partial charge on any atom is -0.465 e. The van der Waals surface area contributed by atoms with E-state index in [1.54, 1.807) is 26.0 Å². The molecule has 0 spiro atoms. The van der Waals surface area contributed by atoms with Crippen molar-refractivity contribution in [2.24, 2.45) is 0 Å². The Labute approximate surface area is 125 Å². The van der Waals surface area contributed by atoms with Crippen LogP contribution in [0, 0.1) is 6.92 Å². The van der Waals surface area contributed by atoms with Gasteiger partial charge in [-0.3, -0.25) is 0 Å². The fourth-order valence-corrected chi connectivity index (χ4v) is 3.56. The molecule has 1 aromatic carbocycles. The standard InChI is InChI=1S/C14H21NO5S/c1-10-7-6-8-12(13(10)14(16)20-5)21(17,18)15(3)11(2)9-19-4/h6-8,11H,9H2,1-5H3/t11-/m1/s1. The van der Waals surface area contributed by atoms with Crippen molar-refractivity contribution in [3.8, 4) is 0 Å². The number of benzene rings is 1. The first-order valence-corrected chi connectivity index (χ1v) is 7.86. The van der Waals surface area contributed by atoms with Gasteiger partial charge in [0.1, 0.15) is 0 Å². The van der Waals surface area contributed by atoms with Gasteiger partial charge >= 0.3 is 5.97 Å². The van der Waals surface area contributed by atoms with Crippen molar-refractivity contribution < 1.29 is 22.7 Å². The molecule has 1 rings (SSSR count). The number of hydrogen-bond donors (Lipinski definition) is 0.